The first-order chi connectivity index (χ1) is 8.67. The van der Waals surface area contributed by atoms with Crippen molar-refractivity contribution in [3.8, 4) is 11.5 Å². The van der Waals surface area contributed by atoms with Crippen molar-refractivity contribution in [1.29, 1.82) is 0 Å². The van der Waals surface area contributed by atoms with Crippen LogP contribution in [0, 0.1) is 0 Å². The summed E-state index contributed by atoms with van der Waals surface area (Å²) in [6, 6.07) is 6.21. The lowest BCUT2D eigenvalue weighted by Crippen LogP contribution is -2.15. The molecule has 0 spiro atoms. The summed E-state index contributed by atoms with van der Waals surface area (Å²) in [5.41, 5.74) is 1.30. The predicted molar refractivity (Wildman–Crippen MR) is 82.9 cm³/mol. The summed E-state index contributed by atoms with van der Waals surface area (Å²) in [5, 5.41) is 0. The van der Waals surface area contributed by atoms with Crippen LogP contribution in [0.25, 0.3) is 0 Å². The van der Waals surface area contributed by atoms with Gasteiger partial charge in [-0.15, -0.1) is 12.4 Å². The summed E-state index contributed by atoms with van der Waals surface area (Å²) in [6.45, 7) is 3.94. The normalized spacial score (nSPS) is 10.2. The number of hydrogen-bond donors (Lipinski definition) is 0. The second-order valence-electron chi connectivity index (χ2n) is 4.74. The van der Waals surface area contributed by atoms with Gasteiger partial charge in [-0.25, -0.2) is 0 Å². The molecule has 0 aliphatic heterocycles. The molecule has 0 atom stereocenters. The highest BCUT2D eigenvalue weighted by molar-refractivity contribution is 5.85. The highest BCUT2D eigenvalue weighted by Crippen LogP contribution is 2.28. The fourth-order valence-corrected chi connectivity index (χ4v) is 1.84. The zero-order valence-electron chi connectivity index (χ0n) is 12.4. The minimum Gasteiger partial charge on any atom is -0.493 e. The van der Waals surface area contributed by atoms with E-state index < -0.39 is 0 Å². The average molecular weight is 288 g/mol. The Bertz CT molecular complexity index is 356. The van der Waals surface area contributed by atoms with Crippen molar-refractivity contribution in [1.82, 2.24) is 4.90 Å². The number of methoxy groups -OCH3 is 1. The van der Waals surface area contributed by atoms with E-state index in [1.807, 2.05) is 6.07 Å². The van der Waals surface area contributed by atoms with E-state index in [2.05, 4.69) is 38.1 Å². The highest BCUT2D eigenvalue weighted by Gasteiger charge is 2.05. The van der Waals surface area contributed by atoms with Crippen LogP contribution in [-0.4, -0.2) is 39.3 Å². The Kier molecular flexibility index (Phi) is 9.44. The van der Waals surface area contributed by atoms with Crippen LogP contribution in [0.3, 0.4) is 0 Å². The zero-order valence-corrected chi connectivity index (χ0v) is 13.3. The number of nitrogens with zero attached hydrogens (tertiary/aromatic N) is 1. The van der Waals surface area contributed by atoms with E-state index in [4.69, 9.17) is 9.47 Å². The number of aryl methyl sites for hydroxylation is 1. The summed E-state index contributed by atoms with van der Waals surface area (Å²) < 4.78 is 11.1. The Labute approximate surface area is 123 Å². The molecule has 0 unspecified atom stereocenters. The van der Waals surface area contributed by atoms with Gasteiger partial charge in [-0.3, -0.25) is 0 Å². The Balaban J connectivity index is 0.00000324. The average Bonchev–Trinajstić information content (AvgIpc) is 2.35. The summed E-state index contributed by atoms with van der Waals surface area (Å²) in [4.78, 5) is 2.16. The van der Waals surface area contributed by atoms with Gasteiger partial charge in [0.05, 0.1) is 13.7 Å². The van der Waals surface area contributed by atoms with E-state index in [1.165, 1.54) is 5.56 Å². The molecule has 0 saturated carbocycles. The van der Waals surface area contributed by atoms with Crippen LogP contribution in [0.2, 0.25) is 0 Å². The van der Waals surface area contributed by atoms with Gasteiger partial charge >= 0.3 is 0 Å². The zero-order chi connectivity index (χ0) is 13.4. The van der Waals surface area contributed by atoms with Crippen molar-refractivity contribution in [3.05, 3.63) is 23.8 Å². The molecule has 1 rings (SSSR count). The molecule has 0 N–H and O–H groups in total. The van der Waals surface area contributed by atoms with Gasteiger partial charge in [0, 0.05) is 6.54 Å². The van der Waals surface area contributed by atoms with Crippen molar-refractivity contribution in [2.75, 3.05) is 34.4 Å². The Morgan fingerprint density at radius 1 is 1.16 bits per heavy atom. The van der Waals surface area contributed by atoms with Crippen LogP contribution >= 0.6 is 12.4 Å². The maximum absolute atomic E-state index is 5.76. The third-order valence-corrected chi connectivity index (χ3v) is 2.77. The Hall–Kier alpha value is -0.930. The van der Waals surface area contributed by atoms with E-state index in [0.29, 0.717) is 0 Å². The largest absolute Gasteiger partial charge is 0.493 e. The molecule has 0 aromatic heterocycles. The van der Waals surface area contributed by atoms with E-state index in [1.54, 1.807) is 7.11 Å². The van der Waals surface area contributed by atoms with Crippen molar-refractivity contribution in [2.24, 2.45) is 0 Å². The van der Waals surface area contributed by atoms with Crippen molar-refractivity contribution < 1.29 is 9.47 Å². The topological polar surface area (TPSA) is 21.7 Å². The Morgan fingerprint density at radius 2 is 1.89 bits per heavy atom. The maximum atomic E-state index is 5.76. The van der Waals surface area contributed by atoms with Crippen molar-refractivity contribution >= 4 is 12.4 Å². The molecule has 110 valence electrons. The predicted octanol–water partition coefficient (Wildman–Crippen LogP) is 3.40. The molecule has 0 aliphatic rings. The third kappa shape index (κ3) is 6.69. The summed E-state index contributed by atoms with van der Waals surface area (Å²) in [5.74, 6) is 1.68. The maximum Gasteiger partial charge on any atom is 0.161 e. The van der Waals surface area contributed by atoms with Gasteiger partial charge in [0.15, 0.2) is 11.5 Å². The van der Waals surface area contributed by atoms with Crippen molar-refractivity contribution in [3.63, 3.8) is 0 Å². The first kappa shape index (κ1) is 18.1. The van der Waals surface area contributed by atoms with Crippen molar-refractivity contribution in [2.45, 2.75) is 26.2 Å². The summed E-state index contributed by atoms with van der Waals surface area (Å²) in [7, 11) is 5.83. The highest BCUT2D eigenvalue weighted by atomic mass is 35.5. The van der Waals surface area contributed by atoms with Gasteiger partial charge in [-0.1, -0.05) is 19.4 Å². The standard InChI is InChI=1S/C15H25NO2.ClH/c1-5-7-13-8-9-14(15(12-13)17-4)18-11-6-10-16(2)3;/h8-9,12H,5-7,10-11H2,1-4H3;1H. The fraction of sp³-hybridized carbons (Fsp3) is 0.600. The number of hydrogen-bond acceptors (Lipinski definition) is 3. The minimum atomic E-state index is 0. The SMILES string of the molecule is CCCc1ccc(OCCCN(C)C)c(OC)c1.Cl. The van der Waals surface area contributed by atoms with Crippen LogP contribution < -0.4 is 9.47 Å². The van der Waals surface area contributed by atoms with Gasteiger partial charge in [0.1, 0.15) is 0 Å². The van der Waals surface area contributed by atoms with Crippen LogP contribution in [0.15, 0.2) is 18.2 Å². The molecule has 0 heterocycles. The lowest BCUT2D eigenvalue weighted by atomic mass is 10.1. The quantitative estimate of drug-likeness (QED) is 0.684. The van der Waals surface area contributed by atoms with E-state index in [-0.39, 0.29) is 12.4 Å². The summed E-state index contributed by atoms with van der Waals surface area (Å²) >= 11 is 0. The molecule has 3 nitrogen and oxygen atoms in total. The van der Waals surface area contributed by atoms with Gasteiger partial charge in [-0.2, -0.15) is 0 Å². The van der Waals surface area contributed by atoms with Crippen LogP contribution in [-0.2, 0) is 6.42 Å². The van der Waals surface area contributed by atoms with Gasteiger partial charge in [-0.05, 0) is 44.6 Å². The third-order valence-electron chi connectivity index (χ3n) is 2.77. The monoisotopic (exact) mass is 287 g/mol. The molecule has 1 aromatic rings. The van der Waals surface area contributed by atoms with E-state index in [0.717, 1.165) is 43.9 Å². The molecule has 0 aliphatic carbocycles. The number of halogens is 1. The van der Waals surface area contributed by atoms with Crippen LogP contribution in [0.1, 0.15) is 25.3 Å². The molecule has 19 heavy (non-hydrogen) atoms. The van der Waals surface area contributed by atoms with Gasteiger partial charge in [0.2, 0.25) is 0 Å². The molecule has 0 saturated heterocycles. The van der Waals surface area contributed by atoms with Crippen LogP contribution in [0.4, 0.5) is 0 Å². The number of ether oxygens (including phenoxy) is 2. The van der Waals surface area contributed by atoms with E-state index in [9.17, 15) is 0 Å². The molecule has 0 bridgehead atoms. The van der Waals surface area contributed by atoms with Gasteiger partial charge in [0.25, 0.3) is 0 Å². The molecule has 0 amide bonds. The number of rotatable bonds is 8. The molecule has 0 fully saturated rings. The second-order valence-corrected chi connectivity index (χ2v) is 4.74. The first-order valence-corrected chi connectivity index (χ1v) is 6.61. The molecule has 1 aromatic carbocycles. The summed E-state index contributed by atoms with van der Waals surface area (Å²) in [6.07, 6.45) is 3.25. The molecular formula is C15H26ClNO2. The lowest BCUT2D eigenvalue weighted by Gasteiger charge is -2.13. The fourth-order valence-electron chi connectivity index (χ4n) is 1.84. The van der Waals surface area contributed by atoms with E-state index >= 15 is 0 Å². The molecule has 4 heteroatoms. The minimum absolute atomic E-state index is 0. The molecular weight excluding hydrogens is 262 g/mol. The number of benzene rings is 1. The molecule has 0 radical (unpaired) electrons. The smallest absolute Gasteiger partial charge is 0.161 e. The van der Waals surface area contributed by atoms with Crippen LogP contribution in [0.5, 0.6) is 11.5 Å². The van der Waals surface area contributed by atoms with Gasteiger partial charge < -0.3 is 14.4 Å². The second kappa shape index (κ2) is 9.93. The lowest BCUT2D eigenvalue weighted by molar-refractivity contribution is 0.268. The Morgan fingerprint density at radius 3 is 2.47 bits per heavy atom. The first-order valence-electron chi connectivity index (χ1n) is 6.61.